The van der Waals surface area contributed by atoms with Gasteiger partial charge in [-0.25, -0.2) is 0 Å². The number of ether oxygens (including phenoxy) is 1. The summed E-state index contributed by atoms with van der Waals surface area (Å²) in [6.07, 6.45) is 1.69. The molecular formula is C14H13N3O3S. The summed E-state index contributed by atoms with van der Waals surface area (Å²) < 4.78 is 11.2. The van der Waals surface area contributed by atoms with E-state index in [0.29, 0.717) is 12.4 Å². The predicted molar refractivity (Wildman–Crippen MR) is 78.0 cm³/mol. The van der Waals surface area contributed by atoms with Crippen LogP contribution < -0.4 is 0 Å². The molecule has 1 atom stereocenters. The Kier molecular flexibility index (Phi) is 3.66. The number of pyridine rings is 1. The topological polar surface area (TPSA) is 78.1 Å². The molecular weight excluding hydrogens is 290 g/mol. The average molecular weight is 303 g/mol. The molecule has 0 N–H and O–H groups in total. The summed E-state index contributed by atoms with van der Waals surface area (Å²) >= 11 is 1.60. The van der Waals surface area contributed by atoms with Crippen molar-refractivity contribution in [1.82, 2.24) is 15.1 Å². The first-order chi connectivity index (χ1) is 10.2. The summed E-state index contributed by atoms with van der Waals surface area (Å²) in [5.74, 6) is -0.289. The molecule has 0 saturated heterocycles. The molecule has 0 amide bonds. The number of hydrogen-bond donors (Lipinski definition) is 0. The lowest BCUT2D eigenvalue weighted by atomic mass is 10.2. The normalized spacial score (nSPS) is 12.5. The number of fused-ring (bicyclic) bond motifs is 1. The first-order valence-electron chi connectivity index (χ1n) is 6.53. The number of carbonyl (C=O) groups excluding carboxylic acids is 1. The SMILES string of the molecule is CCOC(=O)C(C)c1nc(-c2cnc3ccsc3c2)no1. The third kappa shape index (κ3) is 2.64. The Morgan fingerprint density at radius 2 is 2.38 bits per heavy atom. The van der Waals surface area contributed by atoms with Gasteiger partial charge >= 0.3 is 5.97 Å². The second-order valence-electron chi connectivity index (χ2n) is 4.46. The van der Waals surface area contributed by atoms with Gasteiger partial charge in [0.15, 0.2) is 0 Å². The van der Waals surface area contributed by atoms with E-state index in [1.165, 1.54) is 0 Å². The quantitative estimate of drug-likeness (QED) is 0.689. The van der Waals surface area contributed by atoms with Crippen LogP contribution in [0.15, 0.2) is 28.2 Å². The zero-order valence-corrected chi connectivity index (χ0v) is 12.4. The molecule has 0 radical (unpaired) electrons. The summed E-state index contributed by atoms with van der Waals surface area (Å²) in [7, 11) is 0. The number of nitrogens with zero attached hydrogens (tertiary/aromatic N) is 3. The smallest absolute Gasteiger partial charge is 0.318 e. The van der Waals surface area contributed by atoms with Gasteiger partial charge in [-0.2, -0.15) is 4.98 Å². The van der Waals surface area contributed by atoms with Crippen molar-refractivity contribution in [2.75, 3.05) is 6.61 Å². The first kappa shape index (κ1) is 13.7. The number of thiophene rings is 1. The minimum absolute atomic E-state index is 0.245. The van der Waals surface area contributed by atoms with Crippen LogP contribution in [0.4, 0.5) is 0 Å². The second kappa shape index (κ2) is 5.61. The third-order valence-corrected chi connectivity index (χ3v) is 3.87. The average Bonchev–Trinajstić information content (AvgIpc) is 3.14. The van der Waals surface area contributed by atoms with E-state index in [1.54, 1.807) is 31.4 Å². The van der Waals surface area contributed by atoms with Crippen molar-refractivity contribution in [1.29, 1.82) is 0 Å². The molecule has 0 spiro atoms. The van der Waals surface area contributed by atoms with Crippen LogP contribution in [-0.2, 0) is 9.53 Å². The van der Waals surface area contributed by atoms with Crippen molar-refractivity contribution in [3.8, 4) is 11.4 Å². The minimum Gasteiger partial charge on any atom is -0.465 e. The maximum atomic E-state index is 11.7. The van der Waals surface area contributed by atoms with Gasteiger partial charge in [0.2, 0.25) is 11.7 Å². The number of hydrogen-bond acceptors (Lipinski definition) is 7. The molecule has 0 fully saturated rings. The Hall–Kier alpha value is -2.28. The molecule has 0 aliphatic rings. The van der Waals surface area contributed by atoms with E-state index < -0.39 is 5.92 Å². The largest absolute Gasteiger partial charge is 0.465 e. The number of esters is 1. The summed E-state index contributed by atoms with van der Waals surface area (Å²) in [4.78, 5) is 20.3. The molecule has 6 nitrogen and oxygen atoms in total. The van der Waals surface area contributed by atoms with E-state index in [0.717, 1.165) is 15.8 Å². The molecule has 0 saturated carbocycles. The molecule has 0 aliphatic heterocycles. The molecule has 3 rings (SSSR count). The zero-order chi connectivity index (χ0) is 14.8. The highest BCUT2D eigenvalue weighted by atomic mass is 32.1. The van der Waals surface area contributed by atoms with Gasteiger partial charge in [-0.3, -0.25) is 9.78 Å². The van der Waals surface area contributed by atoms with E-state index in [1.807, 2.05) is 17.5 Å². The van der Waals surface area contributed by atoms with Gasteiger partial charge in [0.25, 0.3) is 0 Å². The Morgan fingerprint density at radius 3 is 3.19 bits per heavy atom. The van der Waals surface area contributed by atoms with Crippen molar-refractivity contribution in [2.45, 2.75) is 19.8 Å². The van der Waals surface area contributed by atoms with E-state index in [4.69, 9.17) is 9.26 Å². The lowest BCUT2D eigenvalue weighted by Crippen LogP contribution is -2.13. The van der Waals surface area contributed by atoms with Gasteiger partial charge in [0, 0.05) is 11.8 Å². The van der Waals surface area contributed by atoms with Crippen LogP contribution in [0.1, 0.15) is 25.7 Å². The van der Waals surface area contributed by atoms with Crippen molar-refractivity contribution >= 4 is 27.5 Å². The number of carbonyl (C=O) groups is 1. The summed E-state index contributed by atoms with van der Waals surface area (Å²) in [6, 6.07) is 3.91. The standard InChI is InChI=1S/C14H13N3O3S/c1-3-19-14(18)8(2)13-16-12(17-20-13)9-6-11-10(15-7-9)4-5-21-11/h4-8H,3H2,1-2H3. The lowest BCUT2D eigenvalue weighted by Gasteiger charge is -2.04. The molecule has 21 heavy (non-hydrogen) atoms. The fraction of sp³-hybridized carbons (Fsp3) is 0.286. The summed E-state index contributed by atoms with van der Waals surface area (Å²) in [5.41, 5.74) is 1.70. The molecule has 0 aliphatic carbocycles. The maximum Gasteiger partial charge on any atom is 0.318 e. The Labute approximate surface area is 124 Å². The van der Waals surface area contributed by atoms with Crippen LogP contribution in [0.2, 0.25) is 0 Å². The number of rotatable bonds is 4. The number of aromatic nitrogens is 3. The molecule has 3 aromatic heterocycles. The van der Waals surface area contributed by atoms with E-state index >= 15 is 0 Å². The van der Waals surface area contributed by atoms with Crippen LogP contribution >= 0.6 is 11.3 Å². The van der Waals surface area contributed by atoms with Gasteiger partial charge in [0.05, 0.1) is 16.8 Å². The lowest BCUT2D eigenvalue weighted by molar-refractivity contribution is -0.145. The second-order valence-corrected chi connectivity index (χ2v) is 5.41. The summed E-state index contributed by atoms with van der Waals surface area (Å²) in [5, 5.41) is 5.89. The monoisotopic (exact) mass is 303 g/mol. The Balaban J connectivity index is 1.88. The molecule has 0 aromatic carbocycles. The Bertz CT molecular complexity index is 780. The predicted octanol–water partition coefficient (Wildman–Crippen LogP) is 3.01. The highest BCUT2D eigenvalue weighted by Crippen LogP contribution is 2.25. The third-order valence-electron chi connectivity index (χ3n) is 3.01. The highest BCUT2D eigenvalue weighted by molar-refractivity contribution is 7.17. The highest BCUT2D eigenvalue weighted by Gasteiger charge is 2.23. The fourth-order valence-electron chi connectivity index (χ4n) is 1.87. The van der Waals surface area contributed by atoms with Crippen LogP contribution in [0.3, 0.4) is 0 Å². The van der Waals surface area contributed by atoms with Gasteiger partial charge in [-0.15, -0.1) is 11.3 Å². The van der Waals surface area contributed by atoms with Gasteiger partial charge in [-0.1, -0.05) is 5.16 Å². The molecule has 3 heterocycles. The van der Waals surface area contributed by atoms with E-state index in [9.17, 15) is 4.79 Å². The van der Waals surface area contributed by atoms with Crippen molar-refractivity contribution in [3.05, 3.63) is 29.6 Å². The molecule has 7 heteroatoms. The summed E-state index contributed by atoms with van der Waals surface area (Å²) in [6.45, 7) is 3.75. The van der Waals surface area contributed by atoms with Crippen LogP contribution in [0.25, 0.3) is 21.6 Å². The minimum atomic E-state index is -0.579. The molecule has 0 bridgehead atoms. The van der Waals surface area contributed by atoms with Gasteiger partial charge in [-0.05, 0) is 31.4 Å². The fourth-order valence-corrected chi connectivity index (χ4v) is 2.65. The molecule has 1 unspecified atom stereocenters. The molecule has 108 valence electrons. The van der Waals surface area contributed by atoms with Crippen LogP contribution in [0, 0.1) is 0 Å². The maximum absolute atomic E-state index is 11.7. The molecule has 3 aromatic rings. The van der Waals surface area contributed by atoms with E-state index in [-0.39, 0.29) is 11.9 Å². The van der Waals surface area contributed by atoms with Gasteiger partial charge < -0.3 is 9.26 Å². The van der Waals surface area contributed by atoms with Crippen molar-refractivity contribution < 1.29 is 14.1 Å². The van der Waals surface area contributed by atoms with Crippen molar-refractivity contribution in [2.24, 2.45) is 0 Å². The van der Waals surface area contributed by atoms with E-state index in [2.05, 4.69) is 15.1 Å². The Morgan fingerprint density at radius 1 is 1.52 bits per heavy atom. The van der Waals surface area contributed by atoms with Crippen molar-refractivity contribution in [3.63, 3.8) is 0 Å². The van der Waals surface area contributed by atoms with Crippen LogP contribution in [-0.4, -0.2) is 27.7 Å². The first-order valence-corrected chi connectivity index (χ1v) is 7.41. The van der Waals surface area contributed by atoms with Gasteiger partial charge in [0.1, 0.15) is 5.92 Å². The van der Waals surface area contributed by atoms with Crippen LogP contribution in [0.5, 0.6) is 0 Å². The zero-order valence-electron chi connectivity index (χ0n) is 11.6.